The van der Waals surface area contributed by atoms with Crippen LogP contribution >= 0.6 is 0 Å². The summed E-state index contributed by atoms with van der Waals surface area (Å²) in [6, 6.07) is 2.98. The normalized spacial score (nSPS) is 20.1. The Bertz CT molecular complexity index is 656. The number of nitrogens with zero attached hydrogens (tertiary/aromatic N) is 2. The van der Waals surface area contributed by atoms with Gasteiger partial charge in [0.1, 0.15) is 6.04 Å². The monoisotopic (exact) mass is 316 g/mol. The summed E-state index contributed by atoms with van der Waals surface area (Å²) < 4.78 is 30.7. The molecule has 0 spiro atoms. The molecule has 0 aromatic heterocycles. The van der Waals surface area contributed by atoms with Gasteiger partial charge in [-0.15, -0.1) is 0 Å². The fourth-order valence-corrected chi connectivity index (χ4v) is 3.50. The smallest absolute Gasteiger partial charge is 0.324 e. The molecule has 1 aromatic carbocycles. The zero-order valence-corrected chi connectivity index (χ0v) is 11.5. The van der Waals surface area contributed by atoms with Crippen LogP contribution in [0.2, 0.25) is 0 Å². The van der Waals surface area contributed by atoms with E-state index in [4.69, 9.17) is 9.84 Å². The lowest BCUT2D eigenvalue weighted by molar-refractivity contribution is -0.384. The van der Waals surface area contributed by atoms with Crippen molar-refractivity contribution in [1.82, 2.24) is 4.31 Å². The van der Waals surface area contributed by atoms with E-state index in [0.29, 0.717) is 0 Å². The van der Waals surface area contributed by atoms with Crippen LogP contribution in [0.4, 0.5) is 5.69 Å². The summed E-state index contributed by atoms with van der Waals surface area (Å²) >= 11 is 0. The van der Waals surface area contributed by atoms with Crippen molar-refractivity contribution < 1.29 is 28.0 Å². The molecule has 9 nitrogen and oxygen atoms in total. The van der Waals surface area contributed by atoms with Crippen molar-refractivity contribution in [1.29, 1.82) is 0 Å². The third-order valence-electron chi connectivity index (χ3n) is 3.02. The molecule has 21 heavy (non-hydrogen) atoms. The van der Waals surface area contributed by atoms with Crippen molar-refractivity contribution in [3.8, 4) is 0 Å². The van der Waals surface area contributed by atoms with Gasteiger partial charge in [0, 0.05) is 18.7 Å². The van der Waals surface area contributed by atoms with Crippen molar-refractivity contribution in [3.05, 3.63) is 34.4 Å². The van der Waals surface area contributed by atoms with E-state index in [1.54, 1.807) is 0 Å². The molecule has 1 heterocycles. The Morgan fingerprint density at radius 1 is 1.38 bits per heavy atom. The fraction of sp³-hybridized carbons (Fsp3) is 0.364. The third-order valence-corrected chi connectivity index (χ3v) is 4.94. The summed E-state index contributed by atoms with van der Waals surface area (Å²) in [5.41, 5.74) is -0.245. The molecule has 1 aliphatic rings. The number of rotatable bonds is 4. The Balaban J connectivity index is 2.35. The number of nitro groups is 1. The molecule has 0 bridgehead atoms. The second-order valence-corrected chi connectivity index (χ2v) is 6.19. The Morgan fingerprint density at radius 3 is 2.52 bits per heavy atom. The molecular weight excluding hydrogens is 304 g/mol. The number of hydrogen-bond donors (Lipinski definition) is 1. The summed E-state index contributed by atoms with van der Waals surface area (Å²) in [6.45, 7) is -0.228. The number of carboxylic acid groups (broad SMARTS) is 1. The molecule has 0 aliphatic carbocycles. The minimum atomic E-state index is -4.05. The average molecular weight is 316 g/mol. The number of morpholine rings is 1. The number of aliphatic carboxylic acids is 1. The van der Waals surface area contributed by atoms with Gasteiger partial charge in [0.25, 0.3) is 5.69 Å². The number of nitro benzene ring substituents is 1. The van der Waals surface area contributed by atoms with Crippen molar-refractivity contribution >= 4 is 21.7 Å². The second-order valence-electron chi connectivity index (χ2n) is 4.30. The van der Waals surface area contributed by atoms with Gasteiger partial charge in [-0.2, -0.15) is 4.31 Å². The maximum atomic E-state index is 12.4. The summed E-state index contributed by atoms with van der Waals surface area (Å²) in [5.74, 6) is -1.31. The lowest BCUT2D eigenvalue weighted by Gasteiger charge is -2.31. The van der Waals surface area contributed by atoms with Crippen LogP contribution in [0.5, 0.6) is 0 Å². The maximum Gasteiger partial charge on any atom is 0.324 e. The standard InChI is InChI=1S/C11H12N2O7S/c14-11(15)10-7-20-6-5-12(10)21(18,19)9-3-1-8(2-4-9)13(16)17/h1-4,10H,5-7H2,(H,14,15). The van der Waals surface area contributed by atoms with Gasteiger partial charge in [0.05, 0.1) is 23.0 Å². The van der Waals surface area contributed by atoms with Crippen LogP contribution in [0.15, 0.2) is 29.2 Å². The van der Waals surface area contributed by atoms with Crippen molar-refractivity contribution in [2.75, 3.05) is 19.8 Å². The minimum absolute atomic E-state index is 0.0870. The van der Waals surface area contributed by atoms with Gasteiger partial charge in [0.15, 0.2) is 0 Å². The summed E-state index contributed by atoms with van der Waals surface area (Å²) in [7, 11) is -4.05. The van der Waals surface area contributed by atoms with Crippen LogP contribution in [-0.4, -0.2) is 54.5 Å². The molecule has 1 saturated heterocycles. The van der Waals surface area contributed by atoms with E-state index in [2.05, 4.69) is 0 Å². The van der Waals surface area contributed by atoms with E-state index >= 15 is 0 Å². The first kappa shape index (κ1) is 15.4. The molecule has 1 N–H and O–H groups in total. The van der Waals surface area contributed by atoms with Crippen molar-refractivity contribution in [2.45, 2.75) is 10.9 Å². The third kappa shape index (κ3) is 3.01. The van der Waals surface area contributed by atoms with Crippen LogP contribution in [0, 0.1) is 10.1 Å². The van der Waals surface area contributed by atoms with Gasteiger partial charge in [-0.25, -0.2) is 8.42 Å². The molecule has 1 aliphatic heterocycles. The number of carbonyl (C=O) groups is 1. The highest BCUT2D eigenvalue weighted by atomic mass is 32.2. The summed E-state index contributed by atoms with van der Waals surface area (Å²) in [6.07, 6.45) is 0. The lowest BCUT2D eigenvalue weighted by Crippen LogP contribution is -2.52. The summed E-state index contributed by atoms with van der Waals surface area (Å²) in [4.78, 5) is 20.8. The van der Waals surface area contributed by atoms with E-state index in [9.17, 15) is 23.3 Å². The van der Waals surface area contributed by atoms with Gasteiger partial charge in [0.2, 0.25) is 10.0 Å². The number of sulfonamides is 1. The molecule has 1 fully saturated rings. The largest absolute Gasteiger partial charge is 0.480 e. The highest BCUT2D eigenvalue weighted by Gasteiger charge is 2.38. The SMILES string of the molecule is O=C(O)C1COCCN1S(=O)(=O)c1ccc([N+](=O)[O-])cc1. The quantitative estimate of drug-likeness (QED) is 0.615. The van der Waals surface area contributed by atoms with E-state index in [1.807, 2.05) is 0 Å². The summed E-state index contributed by atoms with van der Waals surface area (Å²) in [5, 5.41) is 19.6. The predicted molar refractivity (Wildman–Crippen MR) is 69.2 cm³/mol. The first-order valence-electron chi connectivity index (χ1n) is 5.91. The number of hydrogen-bond acceptors (Lipinski definition) is 6. The Hall–Kier alpha value is -2.04. The maximum absolute atomic E-state index is 12.4. The molecular formula is C11H12N2O7S. The average Bonchev–Trinajstić information content (AvgIpc) is 2.47. The van der Waals surface area contributed by atoms with Gasteiger partial charge < -0.3 is 9.84 Å². The van der Waals surface area contributed by atoms with E-state index in [1.165, 1.54) is 0 Å². The Kier molecular flexibility index (Phi) is 4.21. The van der Waals surface area contributed by atoms with Crippen LogP contribution in [0.25, 0.3) is 0 Å². The predicted octanol–water partition coefficient (Wildman–Crippen LogP) is 0.0689. The number of ether oxygens (including phenoxy) is 1. The Labute approximate surface area is 119 Å². The highest BCUT2D eigenvalue weighted by Crippen LogP contribution is 2.23. The Morgan fingerprint density at radius 2 is 2.00 bits per heavy atom. The second kappa shape index (κ2) is 5.76. The molecule has 114 valence electrons. The number of carboxylic acids is 1. The van der Waals surface area contributed by atoms with E-state index in [0.717, 1.165) is 28.6 Å². The molecule has 1 unspecified atom stereocenters. The first-order chi connectivity index (χ1) is 9.84. The van der Waals surface area contributed by atoms with E-state index in [-0.39, 0.29) is 30.3 Å². The van der Waals surface area contributed by atoms with Crippen LogP contribution < -0.4 is 0 Å². The minimum Gasteiger partial charge on any atom is -0.480 e. The zero-order chi connectivity index (χ0) is 15.6. The van der Waals surface area contributed by atoms with E-state index < -0.39 is 27.0 Å². The lowest BCUT2D eigenvalue weighted by atomic mass is 10.3. The zero-order valence-electron chi connectivity index (χ0n) is 10.7. The van der Waals surface area contributed by atoms with Gasteiger partial charge >= 0.3 is 5.97 Å². The fourth-order valence-electron chi connectivity index (χ4n) is 1.95. The van der Waals surface area contributed by atoms with Crippen LogP contribution in [-0.2, 0) is 19.6 Å². The van der Waals surface area contributed by atoms with Gasteiger partial charge in [-0.1, -0.05) is 0 Å². The van der Waals surface area contributed by atoms with Gasteiger partial charge in [-0.05, 0) is 12.1 Å². The first-order valence-corrected chi connectivity index (χ1v) is 7.35. The molecule has 10 heteroatoms. The van der Waals surface area contributed by atoms with Gasteiger partial charge in [-0.3, -0.25) is 14.9 Å². The van der Waals surface area contributed by atoms with Crippen LogP contribution in [0.3, 0.4) is 0 Å². The van der Waals surface area contributed by atoms with Crippen molar-refractivity contribution in [3.63, 3.8) is 0 Å². The van der Waals surface area contributed by atoms with Crippen LogP contribution in [0.1, 0.15) is 0 Å². The molecule has 0 saturated carbocycles. The molecule has 1 atom stereocenters. The molecule has 1 aromatic rings. The number of non-ortho nitro benzene ring substituents is 1. The number of benzene rings is 1. The molecule has 0 amide bonds. The molecule has 2 rings (SSSR count). The molecule has 0 radical (unpaired) electrons. The topological polar surface area (TPSA) is 127 Å². The highest BCUT2D eigenvalue weighted by molar-refractivity contribution is 7.89. The van der Waals surface area contributed by atoms with Crippen molar-refractivity contribution in [2.24, 2.45) is 0 Å².